The summed E-state index contributed by atoms with van der Waals surface area (Å²) in [5.41, 5.74) is 0. The highest BCUT2D eigenvalue weighted by Crippen LogP contribution is 1.93. The number of hydrogen-bond donors (Lipinski definition) is 2. The second-order valence-corrected chi connectivity index (χ2v) is 1.37. The lowest BCUT2D eigenvalue weighted by atomic mass is 10.2. The molecule has 3 nitrogen and oxygen atoms in total. The number of aliphatic carboxylic acids is 1. The van der Waals surface area contributed by atoms with Crippen LogP contribution >= 0.6 is 0 Å². The molecule has 2 N–H and O–H groups in total. The highest BCUT2D eigenvalue weighted by molar-refractivity contribution is 5.70. The van der Waals surface area contributed by atoms with Crippen molar-refractivity contribution in [3.8, 4) is 0 Å². The fourth-order valence-electron chi connectivity index (χ4n) is 0.193. The molecule has 0 heterocycles. The third-order valence-electron chi connectivity index (χ3n) is 0.756. The number of aliphatic hydroxyl groups is 1. The van der Waals surface area contributed by atoms with Gasteiger partial charge in [-0.1, -0.05) is 0 Å². The highest BCUT2D eigenvalue weighted by atomic mass is 19.1. The number of carboxylic acids is 1. The molecule has 0 spiro atoms. The molecule has 0 amide bonds. The fraction of sp³-hybridized carbons (Fsp3) is 0.750. The van der Waals surface area contributed by atoms with Crippen LogP contribution < -0.4 is 0 Å². The average molecular weight is 122 g/mol. The Labute approximate surface area is 45.7 Å². The summed E-state index contributed by atoms with van der Waals surface area (Å²) in [5, 5.41) is 16.0. The molecule has 0 fully saturated rings. The van der Waals surface area contributed by atoms with Crippen molar-refractivity contribution in [2.45, 2.75) is 0 Å². The number of rotatable bonds is 3. The summed E-state index contributed by atoms with van der Waals surface area (Å²) in [4.78, 5) is 9.76. The number of carbonyl (C=O) groups is 1. The SMILES string of the molecule is O=C(O)C(CO)CF. The van der Waals surface area contributed by atoms with Crippen molar-refractivity contribution in [3.63, 3.8) is 0 Å². The Kier molecular flexibility index (Phi) is 3.10. The molecule has 0 saturated carbocycles. The van der Waals surface area contributed by atoms with E-state index < -0.39 is 25.2 Å². The summed E-state index contributed by atoms with van der Waals surface area (Å²) in [5.74, 6) is -2.54. The molecule has 0 radical (unpaired) electrons. The van der Waals surface area contributed by atoms with Crippen LogP contribution in [0.2, 0.25) is 0 Å². The van der Waals surface area contributed by atoms with Crippen molar-refractivity contribution in [2.75, 3.05) is 13.3 Å². The van der Waals surface area contributed by atoms with E-state index in [1.54, 1.807) is 0 Å². The Morgan fingerprint density at radius 2 is 2.25 bits per heavy atom. The van der Waals surface area contributed by atoms with E-state index >= 15 is 0 Å². The second-order valence-electron chi connectivity index (χ2n) is 1.37. The normalized spacial score (nSPS) is 13.2. The first-order valence-corrected chi connectivity index (χ1v) is 2.12. The molecule has 0 saturated heterocycles. The summed E-state index contributed by atoms with van der Waals surface area (Å²) in [6.45, 7) is -1.64. The average Bonchev–Trinajstić information content (AvgIpc) is 1.69. The molecule has 4 heteroatoms. The molecule has 0 bridgehead atoms. The molecular weight excluding hydrogens is 115 g/mol. The summed E-state index contributed by atoms with van der Waals surface area (Å²) in [7, 11) is 0. The summed E-state index contributed by atoms with van der Waals surface area (Å²) in [6, 6.07) is 0. The first kappa shape index (κ1) is 7.36. The van der Waals surface area contributed by atoms with Crippen LogP contribution in [0.15, 0.2) is 0 Å². The summed E-state index contributed by atoms with van der Waals surface area (Å²) >= 11 is 0. The van der Waals surface area contributed by atoms with Gasteiger partial charge in [-0.15, -0.1) is 0 Å². The lowest BCUT2D eigenvalue weighted by molar-refractivity contribution is -0.143. The maximum Gasteiger partial charge on any atom is 0.311 e. The van der Waals surface area contributed by atoms with Gasteiger partial charge in [0, 0.05) is 0 Å². The zero-order valence-corrected chi connectivity index (χ0v) is 4.17. The second kappa shape index (κ2) is 3.37. The molecule has 0 aromatic rings. The number of halogens is 1. The Morgan fingerprint density at radius 1 is 1.75 bits per heavy atom. The minimum Gasteiger partial charge on any atom is -0.481 e. The van der Waals surface area contributed by atoms with Crippen LogP contribution in [-0.4, -0.2) is 29.5 Å². The van der Waals surface area contributed by atoms with Crippen LogP contribution in [0.1, 0.15) is 0 Å². The maximum absolute atomic E-state index is 11.4. The van der Waals surface area contributed by atoms with Crippen LogP contribution in [0.25, 0.3) is 0 Å². The third kappa shape index (κ3) is 1.88. The van der Waals surface area contributed by atoms with Gasteiger partial charge in [0.1, 0.15) is 12.6 Å². The van der Waals surface area contributed by atoms with Crippen molar-refractivity contribution in [2.24, 2.45) is 5.92 Å². The van der Waals surface area contributed by atoms with Crippen LogP contribution in [0, 0.1) is 5.92 Å². The van der Waals surface area contributed by atoms with Gasteiger partial charge in [-0.25, -0.2) is 0 Å². The van der Waals surface area contributed by atoms with Gasteiger partial charge in [0.15, 0.2) is 0 Å². The topological polar surface area (TPSA) is 57.5 Å². The Balaban J connectivity index is 3.52. The quantitative estimate of drug-likeness (QED) is 0.537. The molecule has 0 aliphatic heterocycles. The van der Waals surface area contributed by atoms with Gasteiger partial charge in [0.2, 0.25) is 0 Å². The fourth-order valence-corrected chi connectivity index (χ4v) is 0.193. The van der Waals surface area contributed by atoms with Crippen LogP contribution in [0.4, 0.5) is 4.39 Å². The molecule has 48 valence electrons. The third-order valence-corrected chi connectivity index (χ3v) is 0.756. The minimum atomic E-state index is -1.30. The van der Waals surface area contributed by atoms with E-state index in [1.165, 1.54) is 0 Å². The zero-order valence-electron chi connectivity index (χ0n) is 4.17. The lowest BCUT2D eigenvalue weighted by Crippen LogP contribution is -2.19. The van der Waals surface area contributed by atoms with E-state index in [1.807, 2.05) is 0 Å². The van der Waals surface area contributed by atoms with Gasteiger partial charge in [-0.05, 0) is 0 Å². The smallest absolute Gasteiger partial charge is 0.311 e. The number of alkyl halides is 1. The molecule has 8 heavy (non-hydrogen) atoms. The highest BCUT2D eigenvalue weighted by Gasteiger charge is 2.14. The number of hydrogen-bond acceptors (Lipinski definition) is 2. The van der Waals surface area contributed by atoms with Crippen molar-refractivity contribution < 1.29 is 19.4 Å². The number of carboxylic acid groups (broad SMARTS) is 1. The molecule has 0 rings (SSSR count). The predicted octanol–water partition coefficient (Wildman–Crippen LogP) is -0.351. The Morgan fingerprint density at radius 3 is 2.25 bits per heavy atom. The molecule has 1 unspecified atom stereocenters. The van der Waals surface area contributed by atoms with Crippen molar-refractivity contribution in [1.82, 2.24) is 0 Å². The Bertz CT molecular complexity index is 79.4. The van der Waals surface area contributed by atoms with E-state index in [-0.39, 0.29) is 0 Å². The van der Waals surface area contributed by atoms with Crippen LogP contribution in [0.5, 0.6) is 0 Å². The molecular formula is C4H7FO3. The van der Waals surface area contributed by atoms with E-state index in [4.69, 9.17) is 10.2 Å². The predicted molar refractivity (Wildman–Crippen MR) is 24.2 cm³/mol. The standard InChI is InChI=1S/C4H7FO3/c5-1-3(2-6)4(7)8/h3,6H,1-2H2,(H,7,8). The van der Waals surface area contributed by atoms with Gasteiger partial charge < -0.3 is 10.2 Å². The summed E-state index contributed by atoms with van der Waals surface area (Å²) in [6.07, 6.45) is 0. The summed E-state index contributed by atoms with van der Waals surface area (Å²) < 4.78 is 11.4. The molecule has 1 atom stereocenters. The first-order valence-electron chi connectivity index (χ1n) is 2.12. The van der Waals surface area contributed by atoms with Crippen molar-refractivity contribution in [1.29, 1.82) is 0 Å². The first-order chi connectivity index (χ1) is 3.72. The van der Waals surface area contributed by atoms with Crippen LogP contribution in [-0.2, 0) is 4.79 Å². The minimum absolute atomic E-state index is 0.633. The number of aliphatic hydroxyl groups excluding tert-OH is 1. The van der Waals surface area contributed by atoms with Gasteiger partial charge >= 0.3 is 5.97 Å². The molecule has 0 aromatic carbocycles. The van der Waals surface area contributed by atoms with Crippen LogP contribution in [0.3, 0.4) is 0 Å². The van der Waals surface area contributed by atoms with E-state index in [0.717, 1.165) is 0 Å². The monoisotopic (exact) mass is 122 g/mol. The van der Waals surface area contributed by atoms with Crippen molar-refractivity contribution in [3.05, 3.63) is 0 Å². The molecule has 0 aliphatic rings. The van der Waals surface area contributed by atoms with Gasteiger partial charge in [0.25, 0.3) is 0 Å². The van der Waals surface area contributed by atoms with Gasteiger partial charge in [0.05, 0.1) is 6.61 Å². The molecule has 0 aromatic heterocycles. The molecule has 0 aliphatic carbocycles. The van der Waals surface area contributed by atoms with E-state index in [2.05, 4.69) is 0 Å². The van der Waals surface area contributed by atoms with E-state index in [9.17, 15) is 9.18 Å². The zero-order chi connectivity index (χ0) is 6.57. The maximum atomic E-state index is 11.4. The largest absolute Gasteiger partial charge is 0.481 e. The van der Waals surface area contributed by atoms with Crippen molar-refractivity contribution >= 4 is 5.97 Å². The van der Waals surface area contributed by atoms with Gasteiger partial charge in [-0.2, -0.15) is 0 Å². The lowest BCUT2D eigenvalue weighted by Gasteiger charge is -1.99. The van der Waals surface area contributed by atoms with Gasteiger partial charge in [-0.3, -0.25) is 9.18 Å². The van der Waals surface area contributed by atoms with E-state index in [0.29, 0.717) is 0 Å². The Hall–Kier alpha value is -0.640.